The number of Topliss-reactive ketones (excluding diaryl/α,β-unsaturated/α-hetero) is 1. The van der Waals surface area contributed by atoms with E-state index in [1.807, 2.05) is 18.2 Å². The van der Waals surface area contributed by atoms with Crippen LogP contribution in [0, 0.1) is 0 Å². The highest BCUT2D eigenvalue weighted by Crippen LogP contribution is 2.23. The van der Waals surface area contributed by atoms with Gasteiger partial charge in [0.25, 0.3) is 0 Å². The molecule has 3 rings (SSSR count). The summed E-state index contributed by atoms with van der Waals surface area (Å²) in [5.74, 6) is -0.230. The molecule has 0 aliphatic heterocycles. The van der Waals surface area contributed by atoms with Crippen molar-refractivity contribution in [3.63, 3.8) is 0 Å². The molecule has 1 heterocycles. The minimum atomic E-state index is -2.70. The number of halogens is 2. The van der Waals surface area contributed by atoms with Crippen LogP contribution >= 0.6 is 0 Å². The number of fused-ring (bicyclic) bond motifs is 1. The quantitative estimate of drug-likeness (QED) is 0.692. The summed E-state index contributed by atoms with van der Waals surface area (Å²) >= 11 is 0. The van der Waals surface area contributed by atoms with Crippen molar-refractivity contribution >= 4 is 11.7 Å². The molecular weight excluding hydrogens is 352 g/mol. The molecule has 0 radical (unpaired) electrons. The molecule has 1 aliphatic rings. The maximum atomic E-state index is 12.8. The number of carbonyl (C=O) groups is 2. The van der Waals surface area contributed by atoms with Gasteiger partial charge in [0.2, 0.25) is 5.91 Å². The summed E-state index contributed by atoms with van der Waals surface area (Å²) in [7, 11) is 1.52. The standard InChI is InChI=1S/C20H23F2N3O2/c1-24(13-18-23-10-11-25(18)20(21)22)19(27)9-8-17(26)16-7-6-14-4-2-3-5-15(14)12-16/h6-7,10-12,20H,2-5,8-9,13H2,1H3. The number of aryl methyl sites for hydroxylation is 2. The maximum absolute atomic E-state index is 12.8. The van der Waals surface area contributed by atoms with E-state index in [0.29, 0.717) is 5.56 Å². The number of rotatable bonds is 7. The second-order valence-electron chi connectivity index (χ2n) is 6.89. The van der Waals surface area contributed by atoms with Gasteiger partial charge in [-0.3, -0.25) is 14.2 Å². The molecule has 1 aromatic heterocycles. The van der Waals surface area contributed by atoms with E-state index >= 15 is 0 Å². The van der Waals surface area contributed by atoms with E-state index in [-0.39, 0.29) is 36.9 Å². The molecule has 0 unspecified atom stereocenters. The molecular formula is C20H23F2N3O2. The number of aromatic nitrogens is 2. The summed E-state index contributed by atoms with van der Waals surface area (Å²) in [6, 6.07) is 5.80. The third-order valence-electron chi connectivity index (χ3n) is 5.00. The van der Waals surface area contributed by atoms with Crippen LogP contribution in [0.25, 0.3) is 0 Å². The first kappa shape index (κ1) is 19.2. The van der Waals surface area contributed by atoms with Crippen molar-refractivity contribution in [2.75, 3.05) is 7.05 Å². The Hall–Kier alpha value is -2.57. The van der Waals surface area contributed by atoms with E-state index in [1.54, 1.807) is 0 Å². The lowest BCUT2D eigenvalue weighted by molar-refractivity contribution is -0.130. The molecule has 1 aromatic carbocycles. The third-order valence-corrected chi connectivity index (χ3v) is 5.00. The van der Waals surface area contributed by atoms with Gasteiger partial charge in [-0.2, -0.15) is 8.78 Å². The zero-order valence-corrected chi connectivity index (χ0v) is 15.3. The number of carbonyl (C=O) groups excluding carboxylic acids is 2. The van der Waals surface area contributed by atoms with Gasteiger partial charge in [0.1, 0.15) is 5.82 Å². The number of alkyl halides is 2. The van der Waals surface area contributed by atoms with Crippen LogP contribution < -0.4 is 0 Å². The normalized spacial score (nSPS) is 13.5. The molecule has 0 saturated heterocycles. The van der Waals surface area contributed by atoms with Gasteiger partial charge < -0.3 is 4.90 Å². The molecule has 1 amide bonds. The fourth-order valence-corrected chi connectivity index (χ4v) is 3.41. The monoisotopic (exact) mass is 375 g/mol. The number of benzene rings is 1. The first-order chi connectivity index (χ1) is 13.0. The number of hydrogen-bond acceptors (Lipinski definition) is 3. The molecule has 0 atom stereocenters. The second-order valence-corrected chi connectivity index (χ2v) is 6.89. The van der Waals surface area contributed by atoms with Crippen molar-refractivity contribution in [2.45, 2.75) is 51.6 Å². The summed E-state index contributed by atoms with van der Waals surface area (Å²) in [6.45, 7) is -2.72. The van der Waals surface area contributed by atoms with E-state index in [2.05, 4.69) is 4.98 Å². The molecule has 1 aliphatic carbocycles. The van der Waals surface area contributed by atoms with Gasteiger partial charge in [-0.15, -0.1) is 0 Å². The highest BCUT2D eigenvalue weighted by atomic mass is 19.3. The zero-order valence-electron chi connectivity index (χ0n) is 15.3. The first-order valence-corrected chi connectivity index (χ1v) is 9.14. The van der Waals surface area contributed by atoms with E-state index in [9.17, 15) is 18.4 Å². The average molecular weight is 375 g/mol. The molecule has 5 nitrogen and oxygen atoms in total. The summed E-state index contributed by atoms with van der Waals surface area (Å²) in [4.78, 5) is 29.9. The minimum absolute atomic E-state index is 0.0246. The Morgan fingerprint density at radius 1 is 1.19 bits per heavy atom. The van der Waals surface area contributed by atoms with Crippen LogP contribution in [0.5, 0.6) is 0 Å². The lowest BCUT2D eigenvalue weighted by Gasteiger charge is -2.18. The van der Waals surface area contributed by atoms with Crippen LogP contribution in [0.15, 0.2) is 30.6 Å². The fourth-order valence-electron chi connectivity index (χ4n) is 3.41. The molecule has 0 saturated carbocycles. The highest BCUT2D eigenvalue weighted by molar-refractivity contribution is 5.98. The van der Waals surface area contributed by atoms with Crippen LogP contribution in [0.2, 0.25) is 0 Å². The topological polar surface area (TPSA) is 55.2 Å². The number of nitrogens with zero attached hydrogens (tertiary/aromatic N) is 3. The average Bonchev–Trinajstić information content (AvgIpc) is 3.13. The highest BCUT2D eigenvalue weighted by Gasteiger charge is 2.18. The van der Waals surface area contributed by atoms with Crippen molar-refractivity contribution in [1.29, 1.82) is 0 Å². The molecule has 0 bridgehead atoms. The van der Waals surface area contributed by atoms with Gasteiger partial charge in [-0.1, -0.05) is 12.1 Å². The number of amides is 1. The van der Waals surface area contributed by atoms with Crippen molar-refractivity contribution in [3.05, 3.63) is 53.1 Å². The SMILES string of the molecule is CN(Cc1nccn1C(F)F)C(=O)CCC(=O)c1ccc2c(c1)CCCC2. The first-order valence-electron chi connectivity index (χ1n) is 9.14. The summed E-state index contributed by atoms with van der Waals surface area (Å²) < 4.78 is 26.4. The molecule has 2 aromatic rings. The van der Waals surface area contributed by atoms with Gasteiger partial charge >= 0.3 is 6.55 Å². The fraction of sp³-hybridized carbons (Fsp3) is 0.450. The Labute approximate surface area is 157 Å². The van der Waals surface area contributed by atoms with E-state index < -0.39 is 6.55 Å². The Kier molecular flexibility index (Phi) is 5.98. The maximum Gasteiger partial charge on any atom is 0.319 e. The summed E-state index contributed by atoms with van der Waals surface area (Å²) in [5.41, 5.74) is 3.18. The molecule has 0 spiro atoms. The van der Waals surface area contributed by atoms with Crippen LogP contribution in [-0.4, -0.2) is 33.2 Å². The summed E-state index contributed by atoms with van der Waals surface area (Å²) in [6.07, 6.45) is 6.98. The predicted octanol–water partition coefficient (Wildman–Crippen LogP) is 3.78. The molecule has 0 fully saturated rings. The van der Waals surface area contributed by atoms with E-state index in [4.69, 9.17) is 0 Å². The Morgan fingerprint density at radius 3 is 2.67 bits per heavy atom. The van der Waals surface area contributed by atoms with Gasteiger partial charge in [-0.05, 0) is 42.9 Å². The lowest BCUT2D eigenvalue weighted by Crippen LogP contribution is -2.28. The largest absolute Gasteiger partial charge is 0.338 e. The molecule has 27 heavy (non-hydrogen) atoms. The van der Waals surface area contributed by atoms with Crippen molar-refractivity contribution in [1.82, 2.24) is 14.5 Å². The van der Waals surface area contributed by atoms with E-state index in [0.717, 1.165) is 23.8 Å². The Morgan fingerprint density at radius 2 is 1.93 bits per heavy atom. The van der Waals surface area contributed by atoms with Crippen LogP contribution in [0.1, 0.15) is 59.5 Å². The zero-order chi connectivity index (χ0) is 19.4. The molecule has 144 valence electrons. The minimum Gasteiger partial charge on any atom is -0.338 e. The van der Waals surface area contributed by atoms with Crippen LogP contribution in [0.4, 0.5) is 8.78 Å². The second kappa shape index (κ2) is 8.41. The van der Waals surface area contributed by atoms with Gasteiger partial charge in [0, 0.05) is 37.8 Å². The van der Waals surface area contributed by atoms with Gasteiger partial charge in [0.15, 0.2) is 5.78 Å². The van der Waals surface area contributed by atoms with Gasteiger partial charge in [-0.25, -0.2) is 4.98 Å². The molecule has 0 N–H and O–H groups in total. The van der Waals surface area contributed by atoms with Crippen molar-refractivity contribution < 1.29 is 18.4 Å². The number of imidazole rings is 1. The Bertz CT molecular complexity index is 832. The predicted molar refractivity (Wildman–Crippen MR) is 96.6 cm³/mol. The summed E-state index contributed by atoms with van der Waals surface area (Å²) in [5, 5.41) is 0. The van der Waals surface area contributed by atoms with Crippen LogP contribution in [-0.2, 0) is 24.2 Å². The number of ketones is 1. The Balaban J connectivity index is 1.55. The van der Waals surface area contributed by atoms with E-state index in [1.165, 1.54) is 41.9 Å². The van der Waals surface area contributed by atoms with Crippen molar-refractivity contribution in [3.8, 4) is 0 Å². The molecule has 7 heteroatoms. The third kappa shape index (κ3) is 4.59. The lowest BCUT2D eigenvalue weighted by atomic mass is 9.89. The van der Waals surface area contributed by atoms with Crippen LogP contribution in [0.3, 0.4) is 0 Å². The number of hydrogen-bond donors (Lipinski definition) is 0. The van der Waals surface area contributed by atoms with Gasteiger partial charge in [0.05, 0.1) is 6.54 Å². The van der Waals surface area contributed by atoms with Crippen molar-refractivity contribution in [2.24, 2.45) is 0 Å². The smallest absolute Gasteiger partial charge is 0.319 e.